The van der Waals surface area contributed by atoms with Crippen molar-refractivity contribution in [2.45, 2.75) is 37.8 Å². The zero-order chi connectivity index (χ0) is 11.0. The van der Waals surface area contributed by atoms with E-state index in [2.05, 4.69) is 29.2 Å². The molecule has 2 unspecified atom stereocenters. The lowest BCUT2D eigenvalue weighted by Crippen LogP contribution is -2.43. The van der Waals surface area contributed by atoms with Crippen LogP contribution in [-0.2, 0) is 6.42 Å². The van der Waals surface area contributed by atoms with Crippen LogP contribution < -0.4 is 5.73 Å². The molecule has 16 heavy (non-hydrogen) atoms. The summed E-state index contributed by atoms with van der Waals surface area (Å²) in [6, 6.07) is 9.46. The van der Waals surface area contributed by atoms with Crippen molar-refractivity contribution in [3.05, 3.63) is 35.4 Å². The molecule has 1 aliphatic carbocycles. The van der Waals surface area contributed by atoms with Crippen LogP contribution in [0.3, 0.4) is 0 Å². The van der Waals surface area contributed by atoms with Crippen LogP contribution in [0.1, 0.15) is 36.4 Å². The van der Waals surface area contributed by atoms with Gasteiger partial charge in [0.1, 0.15) is 0 Å². The van der Waals surface area contributed by atoms with Gasteiger partial charge in [-0.15, -0.1) is 0 Å². The molecule has 1 heterocycles. The van der Waals surface area contributed by atoms with Gasteiger partial charge in [0.25, 0.3) is 0 Å². The van der Waals surface area contributed by atoms with Gasteiger partial charge in [0.15, 0.2) is 0 Å². The van der Waals surface area contributed by atoms with Gasteiger partial charge in [-0.25, -0.2) is 0 Å². The second-order valence-electron chi connectivity index (χ2n) is 5.09. The van der Waals surface area contributed by atoms with Crippen LogP contribution in [0.2, 0.25) is 0 Å². The Bertz CT molecular complexity index is 369. The Morgan fingerprint density at radius 3 is 2.56 bits per heavy atom. The third kappa shape index (κ3) is 1.66. The third-order valence-corrected chi connectivity index (χ3v) is 4.12. The molecule has 1 aliphatic heterocycles. The van der Waals surface area contributed by atoms with Crippen LogP contribution in [0, 0.1) is 0 Å². The summed E-state index contributed by atoms with van der Waals surface area (Å²) in [5.74, 6) is 0. The molecule has 0 saturated carbocycles. The van der Waals surface area contributed by atoms with Crippen molar-refractivity contribution in [3.63, 3.8) is 0 Å². The fourth-order valence-electron chi connectivity index (χ4n) is 3.21. The Kier molecular flexibility index (Phi) is 2.70. The summed E-state index contributed by atoms with van der Waals surface area (Å²) >= 11 is 0. The van der Waals surface area contributed by atoms with Gasteiger partial charge in [-0.2, -0.15) is 0 Å². The second kappa shape index (κ2) is 4.19. The molecule has 0 spiro atoms. The fraction of sp³-hybridized carbons (Fsp3) is 0.571. The average Bonchev–Trinajstić information content (AvgIpc) is 2.69. The molecule has 2 heteroatoms. The van der Waals surface area contributed by atoms with Gasteiger partial charge in [0, 0.05) is 12.1 Å². The van der Waals surface area contributed by atoms with Crippen molar-refractivity contribution in [3.8, 4) is 0 Å². The smallest absolute Gasteiger partial charge is 0.0459 e. The summed E-state index contributed by atoms with van der Waals surface area (Å²) in [5.41, 5.74) is 9.22. The lowest BCUT2D eigenvalue weighted by atomic mass is 10.0. The molecular formula is C14H20N2. The van der Waals surface area contributed by atoms with Crippen LogP contribution in [0.25, 0.3) is 0 Å². The first kappa shape index (κ1) is 10.3. The predicted molar refractivity (Wildman–Crippen MR) is 66.3 cm³/mol. The highest BCUT2D eigenvalue weighted by atomic mass is 15.2. The molecule has 2 nitrogen and oxygen atoms in total. The van der Waals surface area contributed by atoms with E-state index in [0.29, 0.717) is 6.04 Å². The van der Waals surface area contributed by atoms with Crippen LogP contribution in [0.5, 0.6) is 0 Å². The molecule has 2 N–H and O–H groups in total. The maximum absolute atomic E-state index is 6.38. The van der Waals surface area contributed by atoms with Gasteiger partial charge in [-0.05, 0) is 43.5 Å². The van der Waals surface area contributed by atoms with Crippen LogP contribution >= 0.6 is 0 Å². The molecule has 1 saturated heterocycles. The first-order valence-corrected chi connectivity index (χ1v) is 6.44. The van der Waals surface area contributed by atoms with Crippen molar-refractivity contribution >= 4 is 0 Å². The molecule has 2 aliphatic rings. The van der Waals surface area contributed by atoms with E-state index in [4.69, 9.17) is 5.73 Å². The third-order valence-electron chi connectivity index (χ3n) is 4.12. The van der Waals surface area contributed by atoms with Gasteiger partial charge in [-0.3, -0.25) is 4.90 Å². The molecule has 3 rings (SSSR count). The highest BCUT2D eigenvalue weighted by molar-refractivity contribution is 5.36. The molecule has 0 amide bonds. The number of fused-ring (bicyclic) bond motifs is 1. The standard InChI is InChI=1S/C14H20N2/c15-14-12-7-3-2-6-11(12)10-13(14)16-8-4-1-5-9-16/h2-3,6-7,13-14H,1,4-5,8-10,15H2. The molecule has 0 aromatic heterocycles. The molecule has 2 atom stereocenters. The number of likely N-dealkylation sites (tertiary alicyclic amines) is 1. The lowest BCUT2D eigenvalue weighted by Gasteiger charge is -2.34. The van der Waals surface area contributed by atoms with E-state index >= 15 is 0 Å². The topological polar surface area (TPSA) is 29.3 Å². The quantitative estimate of drug-likeness (QED) is 0.779. The highest BCUT2D eigenvalue weighted by Crippen LogP contribution is 2.33. The zero-order valence-electron chi connectivity index (χ0n) is 9.73. The summed E-state index contributed by atoms with van der Waals surface area (Å²) in [7, 11) is 0. The zero-order valence-corrected chi connectivity index (χ0v) is 9.73. The maximum Gasteiger partial charge on any atom is 0.0459 e. The van der Waals surface area contributed by atoms with E-state index in [-0.39, 0.29) is 6.04 Å². The normalized spacial score (nSPS) is 30.3. The van der Waals surface area contributed by atoms with Gasteiger partial charge in [-0.1, -0.05) is 30.7 Å². The monoisotopic (exact) mass is 216 g/mol. The summed E-state index contributed by atoms with van der Waals surface area (Å²) in [6.07, 6.45) is 5.24. The number of hydrogen-bond donors (Lipinski definition) is 1. The van der Waals surface area contributed by atoms with E-state index in [1.807, 2.05) is 0 Å². The summed E-state index contributed by atoms with van der Waals surface area (Å²) in [5, 5.41) is 0. The Hall–Kier alpha value is -0.860. The largest absolute Gasteiger partial charge is 0.323 e. The van der Waals surface area contributed by atoms with Gasteiger partial charge < -0.3 is 5.73 Å². The van der Waals surface area contributed by atoms with E-state index < -0.39 is 0 Å². The molecule has 86 valence electrons. The summed E-state index contributed by atoms with van der Waals surface area (Å²) in [6.45, 7) is 2.48. The van der Waals surface area contributed by atoms with Crippen molar-refractivity contribution in [2.75, 3.05) is 13.1 Å². The summed E-state index contributed by atoms with van der Waals surface area (Å²) < 4.78 is 0. The van der Waals surface area contributed by atoms with Crippen LogP contribution in [0.15, 0.2) is 24.3 Å². The van der Waals surface area contributed by atoms with Crippen LogP contribution in [-0.4, -0.2) is 24.0 Å². The number of rotatable bonds is 1. The van der Waals surface area contributed by atoms with Crippen LogP contribution in [0.4, 0.5) is 0 Å². The van der Waals surface area contributed by atoms with Crippen molar-refractivity contribution < 1.29 is 0 Å². The summed E-state index contributed by atoms with van der Waals surface area (Å²) in [4.78, 5) is 2.61. The number of hydrogen-bond acceptors (Lipinski definition) is 2. The van der Waals surface area contributed by atoms with E-state index in [1.54, 1.807) is 0 Å². The van der Waals surface area contributed by atoms with Crippen molar-refractivity contribution in [1.82, 2.24) is 4.90 Å². The first-order valence-electron chi connectivity index (χ1n) is 6.44. The number of benzene rings is 1. The van der Waals surface area contributed by atoms with Crippen molar-refractivity contribution in [2.24, 2.45) is 5.73 Å². The minimum absolute atomic E-state index is 0.231. The molecule has 1 aromatic carbocycles. The molecule has 1 aromatic rings. The van der Waals surface area contributed by atoms with E-state index in [1.165, 1.54) is 43.5 Å². The van der Waals surface area contributed by atoms with Crippen molar-refractivity contribution in [1.29, 1.82) is 0 Å². The Morgan fingerprint density at radius 1 is 1.06 bits per heavy atom. The second-order valence-corrected chi connectivity index (χ2v) is 5.09. The minimum Gasteiger partial charge on any atom is -0.323 e. The Morgan fingerprint density at radius 2 is 1.81 bits per heavy atom. The maximum atomic E-state index is 6.38. The van der Waals surface area contributed by atoms with E-state index in [0.717, 1.165) is 6.42 Å². The minimum atomic E-state index is 0.231. The average molecular weight is 216 g/mol. The molecule has 0 bridgehead atoms. The Balaban J connectivity index is 1.80. The highest BCUT2D eigenvalue weighted by Gasteiger charge is 2.33. The SMILES string of the molecule is NC1c2ccccc2CC1N1CCCCC1. The van der Waals surface area contributed by atoms with Gasteiger partial charge >= 0.3 is 0 Å². The molecule has 1 fully saturated rings. The van der Waals surface area contributed by atoms with Gasteiger partial charge in [0.2, 0.25) is 0 Å². The van der Waals surface area contributed by atoms with E-state index in [9.17, 15) is 0 Å². The molecular weight excluding hydrogens is 196 g/mol. The number of nitrogens with zero attached hydrogens (tertiary/aromatic N) is 1. The Labute approximate surface area is 97.4 Å². The number of nitrogens with two attached hydrogens (primary N) is 1. The van der Waals surface area contributed by atoms with Gasteiger partial charge in [0.05, 0.1) is 0 Å². The fourth-order valence-corrected chi connectivity index (χ4v) is 3.21. The number of piperidine rings is 1. The lowest BCUT2D eigenvalue weighted by molar-refractivity contribution is 0.150. The predicted octanol–water partition coefficient (Wildman–Crippen LogP) is 2.10. The molecule has 0 radical (unpaired) electrons. The first-order chi connectivity index (χ1) is 7.86.